The molecule has 9 heavy (non-hydrogen) atoms. The van der Waals surface area contributed by atoms with E-state index in [4.69, 9.17) is 18.0 Å². The maximum Gasteiger partial charge on any atom is 0.0397 e. The standard InChI is InChI=1S/C7H11NS/c1-5-2-3-6(8)7(9)4-5/h2,6H,3-4,8H2,1H3. The van der Waals surface area contributed by atoms with E-state index in [1.807, 2.05) is 0 Å². The molecule has 0 radical (unpaired) electrons. The molecule has 0 saturated heterocycles. The summed E-state index contributed by atoms with van der Waals surface area (Å²) in [5.41, 5.74) is 7.02. The van der Waals surface area contributed by atoms with E-state index in [1.165, 1.54) is 5.57 Å². The summed E-state index contributed by atoms with van der Waals surface area (Å²) in [7, 11) is 0. The van der Waals surface area contributed by atoms with Crippen LogP contribution >= 0.6 is 12.2 Å². The Hall–Kier alpha value is -0.210. The molecule has 2 heteroatoms. The molecule has 1 aliphatic carbocycles. The van der Waals surface area contributed by atoms with E-state index in [1.54, 1.807) is 0 Å². The van der Waals surface area contributed by atoms with Gasteiger partial charge in [0.05, 0.1) is 0 Å². The summed E-state index contributed by atoms with van der Waals surface area (Å²) in [5.74, 6) is 0. The van der Waals surface area contributed by atoms with Crippen LogP contribution in [-0.4, -0.2) is 10.9 Å². The van der Waals surface area contributed by atoms with E-state index in [0.29, 0.717) is 0 Å². The minimum absolute atomic E-state index is 0.142. The van der Waals surface area contributed by atoms with Gasteiger partial charge in [0, 0.05) is 17.3 Å². The molecule has 50 valence electrons. The topological polar surface area (TPSA) is 26.0 Å². The van der Waals surface area contributed by atoms with Gasteiger partial charge in [-0.05, 0) is 13.3 Å². The summed E-state index contributed by atoms with van der Waals surface area (Å²) in [6, 6.07) is 0.142. The van der Waals surface area contributed by atoms with Gasteiger partial charge in [-0.3, -0.25) is 0 Å². The fraction of sp³-hybridized carbons (Fsp3) is 0.571. The Morgan fingerprint density at radius 2 is 2.44 bits per heavy atom. The van der Waals surface area contributed by atoms with E-state index < -0.39 is 0 Å². The van der Waals surface area contributed by atoms with E-state index >= 15 is 0 Å². The molecular formula is C7H11NS. The van der Waals surface area contributed by atoms with Crippen LogP contribution < -0.4 is 5.73 Å². The van der Waals surface area contributed by atoms with Crippen LogP contribution in [0.15, 0.2) is 11.6 Å². The van der Waals surface area contributed by atoms with E-state index in [9.17, 15) is 0 Å². The predicted molar refractivity (Wildman–Crippen MR) is 43.6 cm³/mol. The van der Waals surface area contributed by atoms with Crippen molar-refractivity contribution in [1.82, 2.24) is 0 Å². The zero-order chi connectivity index (χ0) is 6.85. The van der Waals surface area contributed by atoms with Crippen LogP contribution in [0.1, 0.15) is 19.8 Å². The van der Waals surface area contributed by atoms with Gasteiger partial charge in [-0.2, -0.15) is 0 Å². The van der Waals surface area contributed by atoms with Gasteiger partial charge < -0.3 is 5.73 Å². The van der Waals surface area contributed by atoms with Gasteiger partial charge in [-0.25, -0.2) is 0 Å². The van der Waals surface area contributed by atoms with Crippen molar-refractivity contribution in [3.05, 3.63) is 11.6 Å². The average molecular weight is 141 g/mol. The highest BCUT2D eigenvalue weighted by Gasteiger charge is 2.12. The molecule has 2 N–H and O–H groups in total. The first kappa shape index (κ1) is 6.90. The quantitative estimate of drug-likeness (QED) is 0.408. The minimum atomic E-state index is 0.142. The van der Waals surface area contributed by atoms with Crippen LogP contribution in [0.25, 0.3) is 0 Å². The van der Waals surface area contributed by atoms with E-state index in [-0.39, 0.29) is 6.04 Å². The van der Waals surface area contributed by atoms with Crippen LogP contribution in [0.4, 0.5) is 0 Å². The number of hydrogen-bond donors (Lipinski definition) is 1. The normalized spacial score (nSPS) is 28.0. The zero-order valence-corrected chi connectivity index (χ0v) is 6.37. The summed E-state index contributed by atoms with van der Waals surface area (Å²) >= 11 is 5.04. The molecule has 0 spiro atoms. The number of allylic oxidation sites excluding steroid dienone is 1. The zero-order valence-electron chi connectivity index (χ0n) is 5.55. The number of thiocarbonyl (C=S) groups is 1. The van der Waals surface area contributed by atoms with Gasteiger partial charge in [0.25, 0.3) is 0 Å². The highest BCUT2D eigenvalue weighted by Crippen LogP contribution is 2.13. The van der Waals surface area contributed by atoms with Crippen LogP contribution in [-0.2, 0) is 0 Å². The smallest absolute Gasteiger partial charge is 0.0397 e. The molecule has 1 unspecified atom stereocenters. The fourth-order valence-electron chi connectivity index (χ4n) is 0.938. The first-order valence-corrected chi connectivity index (χ1v) is 3.55. The number of nitrogens with two attached hydrogens (primary N) is 1. The highest BCUT2D eigenvalue weighted by atomic mass is 32.1. The monoisotopic (exact) mass is 141 g/mol. The summed E-state index contributed by atoms with van der Waals surface area (Å²) in [6.07, 6.45) is 4.03. The predicted octanol–water partition coefficient (Wildman–Crippen LogP) is 1.42. The summed E-state index contributed by atoms with van der Waals surface area (Å²) in [4.78, 5) is 1.01. The fourth-order valence-corrected chi connectivity index (χ4v) is 1.26. The Balaban J connectivity index is 2.65. The SMILES string of the molecule is CC1=CCC(N)C(=S)C1. The second-order valence-corrected chi connectivity index (χ2v) is 3.06. The van der Waals surface area contributed by atoms with Crippen molar-refractivity contribution in [3.8, 4) is 0 Å². The van der Waals surface area contributed by atoms with Gasteiger partial charge in [0.1, 0.15) is 0 Å². The van der Waals surface area contributed by atoms with Crippen molar-refractivity contribution in [3.63, 3.8) is 0 Å². The van der Waals surface area contributed by atoms with E-state index in [2.05, 4.69) is 13.0 Å². The summed E-state index contributed by atoms with van der Waals surface area (Å²) in [6.45, 7) is 2.10. The van der Waals surface area contributed by atoms with Crippen LogP contribution in [0, 0.1) is 0 Å². The lowest BCUT2D eigenvalue weighted by Crippen LogP contribution is -2.30. The van der Waals surface area contributed by atoms with Gasteiger partial charge in [-0.15, -0.1) is 0 Å². The maximum atomic E-state index is 5.65. The molecule has 0 amide bonds. The molecule has 0 heterocycles. The summed E-state index contributed by atoms with van der Waals surface area (Å²) < 4.78 is 0. The Bertz CT molecular complexity index is 160. The first-order chi connectivity index (χ1) is 4.20. The molecule has 1 aliphatic rings. The van der Waals surface area contributed by atoms with Crippen molar-refractivity contribution in [2.24, 2.45) is 5.73 Å². The lowest BCUT2D eigenvalue weighted by Gasteiger charge is -2.16. The molecule has 0 aromatic rings. The Kier molecular flexibility index (Phi) is 1.98. The maximum absolute atomic E-state index is 5.65. The van der Waals surface area contributed by atoms with Gasteiger partial charge in [0.2, 0.25) is 0 Å². The molecule has 1 atom stereocenters. The third-order valence-electron chi connectivity index (χ3n) is 1.59. The minimum Gasteiger partial charge on any atom is -0.323 e. The molecule has 0 aliphatic heterocycles. The molecule has 1 nitrogen and oxygen atoms in total. The Labute approximate surface area is 60.9 Å². The second-order valence-electron chi connectivity index (χ2n) is 2.54. The van der Waals surface area contributed by atoms with Crippen molar-refractivity contribution < 1.29 is 0 Å². The molecule has 0 aromatic heterocycles. The lowest BCUT2D eigenvalue weighted by molar-refractivity contribution is 0.841. The molecule has 0 saturated carbocycles. The van der Waals surface area contributed by atoms with Crippen molar-refractivity contribution >= 4 is 17.1 Å². The lowest BCUT2D eigenvalue weighted by atomic mass is 9.97. The van der Waals surface area contributed by atoms with Gasteiger partial charge in [-0.1, -0.05) is 23.9 Å². The molecule has 1 rings (SSSR count). The van der Waals surface area contributed by atoms with Crippen LogP contribution in [0.5, 0.6) is 0 Å². The molecule has 0 bridgehead atoms. The average Bonchev–Trinajstić information content (AvgIpc) is 1.80. The number of rotatable bonds is 0. The third kappa shape index (κ3) is 1.60. The van der Waals surface area contributed by atoms with Gasteiger partial charge >= 0.3 is 0 Å². The molecular weight excluding hydrogens is 130 g/mol. The first-order valence-electron chi connectivity index (χ1n) is 3.14. The summed E-state index contributed by atoms with van der Waals surface area (Å²) in [5, 5.41) is 0. The number of hydrogen-bond acceptors (Lipinski definition) is 2. The molecule has 0 aromatic carbocycles. The largest absolute Gasteiger partial charge is 0.323 e. The molecule has 0 fully saturated rings. The van der Waals surface area contributed by atoms with E-state index in [0.717, 1.165) is 17.7 Å². The van der Waals surface area contributed by atoms with Crippen LogP contribution in [0.3, 0.4) is 0 Å². The third-order valence-corrected chi connectivity index (χ3v) is 2.03. The van der Waals surface area contributed by atoms with Crippen molar-refractivity contribution in [2.75, 3.05) is 0 Å². The Morgan fingerprint density at radius 3 is 2.89 bits per heavy atom. The van der Waals surface area contributed by atoms with Crippen LogP contribution in [0.2, 0.25) is 0 Å². The van der Waals surface area contributed by atoms with Gasteiger partial charge in [0.15, 0.2) is 0 Å². The highest BCUT2D eigenvalue weighted by molar-refractivity contribution is 7.80. The van der Waals surface area contributed by atoms with Crippen molar-refractivity contribution in [2.45, 2.75) is 25.8 Å². The van der Waals surface area contributed by atoms with Crippen molar-refractivity contribution in [1.29, 1.82) is 0 Å². The second kappa shape index (κ2) is 2.58. The Morgan fingerprint density at radius 1 is 1.78 bits per heavy atom.